The quantitative estimate of drug-likeness (QED) is 0.884. The molecule has 2 atom stereocenters. The van der Waals surface area contributed by atoms with Crippen LogP contribution in [0.4, 0.5) is 0 Å². The van der Waals surface area contributed by atoms with Gasteiger partial charge >= 0.3 is 0 Å². The van der Waals surface area contributed by atoms with Crippen LogP contribution in [0.1, 0.15) is 25.7 Å². The van der Waals surface area contributed by atoms with Crippen LogP contribution in [0.3, 0.4) is 0 Å². The molecule has 3 rings (SSSR count). The average Bonchev–Trinajstić information content (AvgIpc) is 2.96. The summed E-state index contributed by atoms with van der Waals surface area (Å²) in [5.74, 6) is 0.545. The van der Waals surface area contributed by atoms with Gasteiger partial charge in [-0.05, 0) is 37.8 Å². The Morgan fingerprint density at radius 3 is 3.05 bits per heavy atom. The Balaban J connectivity index is 1.72. The number of nitrogens with zero attached hydrogens (tertiary/aromatic N) is 2. The zero-order chi connectivity index (χ0) is 15.5. The van der Waals surface area contributed by atoms with Crippen molar-refractivity contribution in [1.29, 1.82) is 0 Å². The third-order valence-corrected chi connectivity index (χ3v) is 4.20. The Kier molecular flexibility index (Phi) is 4.24. The monoisotopic (exact) mass is 300 g/mol. The molecule has 1 aliphatic rings. The smallest absolute Gasteiger partial charge is 0.246 e. The number of likely N-dealkylation sites (tertiary alicyclic amines) is 1. The van der Waals surface area contributed by atoms with Gasteiger partial charge in [0.15, 0.2) is 5.58 Å². The lowest BCUT2D eigenvalue weighted by molar-refractivity contribution is -0.130. The fourth-order valence-electron chi connectivity index (χ4n) is 2.84. The van der Waals surface area contributed by atoms with Crippen LogP contribution in [0.15, 0.2) is 34.8 Å². The lowest BCUT2D eigenvalue weighted by Crippen LogP contribution is -2.45. The molecule has 0 bridgehead atoms. The van der Waals surface area contributed by atoms with E-state index >= 15 is 0 Å². The highest BCUT2D eigenvalue weighted by atomic mass is 16.3. The van der Waals surface area contributed by atoms with Gasteiger partial charge in [0.1, 0.15) is 5.52 Å². The summed E-state index contributed by atoms with van der Waals surface area (Å²) in [5, 5.41) is 9.28. The number of piperidine rings is 1. The highest BCUT2D eigenvalue weighted by Gasteiger charge is 2.27. The number of aliphatic hydroxyl groups is 1. The largest absolute Gasteiger partial charge is 0.437 e. The predicted molar refractivity (Wildman–Crippen MR) is 84.0 cm³/mol. The molecule has 2 unspecified atom stereocenters. The lowest BCUT2D eigenvalue weighted by atomic mass is 9.94. The number of fused-ring (bicyclic) bond motifs is 1. The molecule has 1 aromatic carbocycles. The molecule has 1 saturated heterocycles. The molecule has 22 heavy (non-hydrogen) atoms. The number of oxazole rings is 1. The number of aromatic nitrogens is 1. The first kappa shape index (κ1) is 14.8. The third-order valence-electron chi connectivity index (χ3n) is 4.20. The van der Waals surface area contributed by atoms with E-state index in [1.807, 2.05) is 36.1 Å². The first-order valence-corrected chi connectivity index (χ1v) is 7.62. The van der Waals surface area contributed by atoms with Crippen LogP contribution in [-0.2, 0) is 4.79 Å². The Bertz CT molecular complexity index is 659. The maximum Gasteiger partial charge on any atom is 0.246 e. The summed E-state index contributed by atoms with van der Waals surface area (Å²) in [6.45, 7) is 2.78. The van der Waals surface area contributed by atoms with Crippen molar-refractivity contribution < 1.29 is 14.3 Å². The van der Waals surface area contributed by atoms with E-state index in [2.05, 4.69) is 4.98 Å². The van der Waals surface area contributed by atoms with Crippen molar-refractivity contribution in [1.82, 2.24) is 9.88 Å². The van der Waals surface area contributed by atoms with Crippen molar-refractivity contribution in [3.63, 3.8) is 0 Å². The molecule has 2 heterocycles. The number of hydrogen-bond donors (Lipinski definition) is 1. The molecule has 116 valence electrons. The molecule has 1 N–H and O–H groups in total. The van der Waals surface area contributed by atoms with Crippen LogP contribution in [0.25, 0.3) is 17.2 Å². The first-order valence-electron chi connectivity index (χ1n) is 7.62. The van der Waals surface area contributed by atoms with Crippen LogP contribution >= 0.6 is 0 Å². The number of rotatable bonds is 3. The van der Waals surface area contributed by atoms with E-state index in [0.717, 1.165) is 18.4 Å². The molecule has 5 nitrogen and oxygen atoms in total. The van der Waals surface area contributed by atoms with Crippen LogP contribution in [0, 0.1) is 5.92 Å². The standard InChI is InChI=1S/C17H20N2O3/c1-12-6-7-13(11-20)10-19(12)17(21)9-8-16-18-14-4-2-3-5-15(14)22-16/h2-5,8-9,12-13,20H,6-7,10-11H2,1H3/b9-8+. The van der Waals surface area contributed by atoms with Crippen molar-refractivity contribution in [2.45, 2.75) is 25.8 Å². The van der Waals surface area contributed by atoms with Crippen molar-refractivity contribution in [3.05, 3.63) is 36.2 Å². The van der Waals surface area contributed by atoms with Gasteiger partial charge in [0.05, 0.1) is 0 Å². The average molecular weight is 300 g/mol. The van der Waals surface area contributed by atoms with Crippen molar-refractivity contribution in [3.8, 4) is 0 Å². The van der Waals surface area contributed by atoms with E-state index in [1.165, 1.54) is 6.08 Å². The van der Waals surface area contributed by atoms with Gasteiger partial charge in [0, 0.05) is 31.3 Å². The number of carbonyl (C=O) groups excluding carboxylic acids is 1. The molecule has 5 heteroatoms. The Morgan fingerprint density at radius 2 is 2.27 bits per heavy atom. The molecule has 1 amide bonds. The fourth-order valence-corrected chi connectivity index (χ4v) is 2.84. The van der Waals surface area contributed by atoms with E-state index in [4.69, 9.17) is 4.42 Å². The topological polar surface area (TPSA) is 66.6 Å². The van der Waals surface area contributed by atoms with Gasteiger partial charge in [0.2, 0.25) is 11.8 Å². The predicted octanol–water partition coefficient (Wildman–Crippen LogP) is 2.46. The summed E-state index contributed by atoms with van der Waals surface area (Å²) in [5.41, 5.74) is 1.49. The summed E-state index contributed by atoms with van der Waals surface area (Å²) in [7, 11) is 0. The van der Waals surface area contributed by atoms with Crippen LogP contribution in [0.2, 0.25) is 0 Å². The Hall–Kier alpha value is -2.14. The van der Waals surface area contributed by atoms with Crippen LogP contribution < -0.4 is 0 Å². The lowest BCUT2D eigenvalue weighted by Gasteiger charge is -2.36. The van der Waals surface area contributed by atoms with Gasteiger partial charge in [-0.3, -0.25) is 4.79 Å². The van der Waals surface area contributed by atoms with Crippen LogP contribution in [-0.4, -0.2) is 40.1 Å². The number of aliphatic hydroxyl groups excluding tert-OH is 1. The zero-order valence-corrected chi connectivity index (χ0v) is 12.6. The number of carbonyl (C=O) groups is 1. The molecular weight excluding hydrogens is 280 g/mol. The second kappa shape index (κ2) is 6.32. The molecule has 1 aliphatic heterocycles. The Morgan fingerprint density at radius 1 is 1.45 bits per heavy atom. The number of benzene rings is 1. The number of amides is 1. The van der Waals surface area contributed by atoms with E-state index in [-0.39, 0.29) is 24.5 Å². The van der Waals surface area contributed by atoms with E-state index in [0.29, 0.717) is 18.0 Å². The maximum atomic E-state index is 12.3. The minimum atomic E-state index is -0.0621. The van der Waals surface area contributed by atoms with Crippen LogP contribution in [0.5, 0.6) is 0 Å². The molecule has 2 aromatic rings. The summed E-state index contributed by atoms with van der Waals surface area (Å²) in [4.78, 5) is 18.5. The summed E-state index contributed by atoms with van der Waals surface area (Å²) >= 11 is 0. The minimum absolute atomic E-state index is 0.0621. The number of hydrogen-bond acceptors (Lipinski definition) is 4. The van der Waals surface area contributed by atoms with Crippen molar-refractivity contribution >= 4 is 23.1 Å². The molecule has 0 radical (unpaired) electrons. The van der Waals surface area contributed by atoms with Gasteiger partial charge in [0.25, 0.3) is 0 Å². The van der Waals surface area contributed by atoms with E-state index < -0.39 is 0 Å². The SMILES string of the molecule is CC1CCC(CO)CN1C(=O)/C=C/c1nc2ccccc2o1. The highest BCUT2D eigenvalue weighted by Crippen LogP contribution is 2.22. The van der Waals surface area contributed by atoms with Crippen molar-refractivity contribution in [2.24, 2.45) is 5.92 Å². The second-order valence-electron chi connectivity index (χ2n) is 5.82. The molecule has 1 aromatic heterocycles. The minimum Gasteiger partial charge on any atom is -0.437 e. The molecule has 0 aliphatic carbocycles. The molecule has 1 fully saturated rings. The summed E-state index contributed by atoms with van der Waals surface area (Å²) in [6, 6.07) is 7.70. The number of para-hydroxylation sites is 2. The normalized spacial score (nSPS) is 22.5. The van der Waals surface area contributed by atoms with E-state index in [9.17, 15) is 9.90 Å². The molecule has 0 saturated carbocycles. The van der Waals surface area contributed by atoms with Gasteiger partial charge in [-0.2, -0.15) is 0 Å². The van der Waals surface area contributed by atoms with Gasteiger partial charge in [-0.25, -0.2) is 4.98 Å². The van der Waals surface area contributed by atoms with E-state index in [1.54, 1.807) is 6.08 Å². The molecule has 0 spiro atoms. The highest BCUT2D eigenvalue weighted by molar-refractivity contribution is 5.91. The van der Waals surface area contributed by atoms with Gasteiger partial charge < -0.3 is 14.4 Å². The van der Waals surface area contributed by atoms with Crippen molar-refractivity contribution in [2.75, 3.05) is 13.2 Å². The first-order chi connectivity index (χ1) is 10.7. The zero-order valence-electron chi connectivity index (χ0n) is 12.6. The maximum absolute atomic E-state index is 12.3. The summed E-state index contributed by atoms with van der Waals surface area (Å²) in [6.07, 6.45) is 5.00. The molecular formula is C17H20N2O3. The third kappa shape index (κ3) is 3.04. The second-order valence-corrected chi connectivity index (χ2v) is 5.82. The van der Waals surface area contributed by atoms with Gasteiger partial charge in [-0.15, -0.1) is 0 Å². The fraction of sp³-hybridized carbons (Fsp3) is 0.412. The van der Waals surface area contributed by atoms with Gasteiger partial charge in [-0.1, -0.05) is 12.1 Å². The summed E-state index contributed by atoms with van der Waals surface area (Å²) < 4.78 is 5.57. The Labute approximate surface area is 129 Å².